The molecule has 0 radical (unpaired) electrons. The van der Waals surface area contributed by atoms with E-state index in [1.807, 2.05) is 0 Å². The van der Waals surface area contributed by atoms with Gasteiger partial charge in [-0.05, 0) is 30.3 Å². The number of aromatic nitrogens is 1. The molecule has 1 aromatic heterocycles. The van der Waals surface area contributed by atoms with Crippen molar-refractivity contribution in [1.29, 1.82) is 0 Å². The largest absolute Gasteiger partial charge is 0.471 e. The summed E-state index contributed by atoms with van der Waals surface area (Å²) in [6, 6.07) is 7.52. The molecule has 0 saturated carbocycles. The van der Waals surface area contributed by atoms with E-state index in [1.54, 1.807) is 4.90 Å². The number of rotatable bonds is 4. The van der Waals surface area contributed by atoms with Gasteiger partial charge in [0.25, 0.3) is 0 Å². The number of pyridine rings is 1. The highest BCUT2D eigenvalue weighted by Gasteiger charge is 2.41. The summed E-state index contributed by atoms with van der Waals surface area (Å²) in [5.74, 6) is -1.26. The van der Waals surface area contributed by atoms with Gasteiger partial charge in [0.15, 0.2) is 0 Å². The summed E-state index contributed by atoms with van der Waals surface area (Å²) in [6.07, 6.45) is -4.07. The van der Waals surface area contributed by atoms with Crippen molar-refractivity contribution in [3.05, 3.63) is 54.0 Å². The smallest absolute Gasteiger partial charge is 0.417 e. The van der Waals surface area contributed by atoms with Crippen molar-refractivity contribution < 1.29 is 31.9 Å². The summed E-state index contributed by atoms with van der Waals surface area (Å²) in [7, 11) is 0. The van der Waals surface area contributed by atoms with Crippen molar-refractivity contribution in [2.75, 3.05) is 24.5 Å². The maximum absolute atomic E-state index is 13.1. The Morgan fingerprint density at radius 3 is 2.37 bits per heavy atom. The molecule has 1 atom stereocenters. The lowest BCUT2D eigenvalue weighted by Crippen LogP contribution is -2.57. The van der Waals surface area contributed by atoms with Crippen LogP contribution in [0.5, 0.6) is 5.88 Å². The van der Waals surface area contributed by atoms with Crippen LogP contribution in [0.4, 0.5) is 23.2 Å². The van der Waals surface area contributed by atoms with Gasteiger partial charge in [0, 0.05) is 30.9 Å². The zero-order valence-electron chi connectivity index (χ0n) is 15.6. The fraction of sp³-hybridized carbons (Fsp3) is 0.350. The molecule has 0 bridgehead atoms. The third kappa shape index (κ3) is 4.07. The lowest BCUT2D eigenvalue weighted by atomic mass is 10.0. The van der Waals surface area contributed by atoms with Crippen LogP contribution in [0.1, 0.15) is 12.0 Å². The summed E-state index contributed by atoms with van der Waals surface area (Å²) in [4.78, 5) is 31.6. The fourth-order valence-electron chi connectivity index (χ4n) is 3.48. The van der Waals surface area contributed by atoms with Crippen LogP contribution in [-0.4, -0.2) is 47.4 Å². The first-order valence-corrected chi connectivity index (χ1v) is 9.25. The summed E-state index contributed by atoms with van der Waals surface area (Å²) in [5, 5.41) is 0. The highest BCUT2D eigenvalue weighted by molar-refractivity contribution is 6.00. The SMILES string of the molecule is O=C(C1CC(=O)N(c2ccc(F)cc2)C1)N1CC(Oc2ccc(C(F)(F)F)cn2)C1. The second-order valence-electron chi connectivity index (χ2n) is 7.25. The van der Waals surface area contributed by atoms with Crippen LogP contribution in [-0.2, 0) is 15.8 Å². The molecule has 1 aromatic carbocycles. The van der Waals surface area contributed by atoms with Gasteiger partial charge in [-0.15, -0.1) is 0 Å². The van der Waals surface area contributed by atoms with Gasteiger partial charge >= 0.3 is 6.18 Å². The van der Waals surface area contributed by atoms with Gasteiger partial charge in [0.1, 0.15) is 11.9 Å². The highest BCUT2D eigenvalue weighted by atomic mass is 19.4. The molecule has 4 rings (SSSR count). The monoisotopic (exact) mass is 423 g/mol. The van der Waals surface area contributed by atoms with E-state index in [4.69, 9.17) is 4.74 Å². The molecule has 30 heavy (non-hydrogen) atoms. The van der Waals surface area contributed by atoms with Gasteiger partial charge in [0.05, 0.1) is 24.6 Å². The molecule has 2 aliphatic rings. The Kier molecular flexibility index (Phi) is 5.08. The van der Waals surface area contributed by atoms with Crippen LogP contribution >= 0.6 is 0 Å². The molecule has 2 aromatic rings. The minimum Gasteiger partial charge on any atom is -0.471 e. The van der Waals surface area contributed by atoms with Gasteiger partial charge in [-0.2, -0.15) is 13.2 Å². The zero-order valence-corrected chi connectivity index (χ0v) is 15.6. The number of benzene rings is 1. The van der Waals surface area contributed by atoms with Crippen LogP contribution in [0.2, 0.25) is 0 Å². The van der Waals surface area contributed by atoms with Crippen molar-refractivity contribution in [1.82, 2.24) is 9.88 Å². The second-order valence-corrected chi connectivity index (χ2v) is 7.25. The Hall–Kier alpha value is -3.17. The maximum atomic E-state index is 13.1. The average Bonchev–Trinajstić information content (AvgIpc) is 3.06. The van der Waals surface area contributed by atoms with E-state index < -0.39 is 23.5 Å². The Morgan fingerprint density at radius 1 is 1.07 bits per heavy atom. The van der Waals surface area contributed by atoms with Crippen molar-refractivity contribution in [2.24, 2.45) is 5.92 Å². The van der Waals surface area contributed by atoms with Crippen LogP contribution in [0, 0.1) is 11.7 Å². The fourth-order valence-corrected chi connectivity index (χ4v) is 3.48. The summed E-state index contributed by atoms with van der Waals surface area (Å²) < 4.78 is 56.2. The van der Waals surface area contributed by atoms with E-state index in [2.05, 4.69) is 4.98 Å². The number of carbonyl (C=O) groups is 2. The quantitative estimate of drug-likeness (QED) is 0.710. The van der Waals surface area contributed by atoms with E-state index in [-0.39, 0.29) is 49.9 Å². The molecule has 2 amide bonds. The molecule has 158 valence electrons. The molecule has 2 saturated heterocycles. The third-order valence-corrected chi connectivity index (χ3v) is 5.12. The van der Waals surface area contributed by atoms with Crippen LogP contribution in [0.25, 0.3) is 0 Å². The van der Waals surface area contributed by atoms with E-state index in [0.29, 0.717) is 11.9 Å². The van der Waals surface area contributed by atoms with Gasteiger partial charge in [-0.3, -0.25) is 9.59 Å². The van der Waals surface area contributed by atoms with E-state index in [1.165, 1.54) is 29.2 Å². The molecular weight excluding hydrogens is 406 g/mol. The second kappa shape index (κ2) is 7.58. The predicted octanol–water partition coefficient (Wildman–Crippen LogP) is 2.88. The maximum Gasteiger partial charge on any atom is 0.417 e. The molecule has 0 spiro atoms. The topological polar surface area (TPSA) is 62.7 Å². The van der Waals surface area contributed by atoms with Crippen molar-refractivity contribution in [3.63, 3.8) is 0 Å². The standard InChI is InChI=1S/C20H17F4N3O3/c21-14-2-4-15(5-3-14)27-9-12(7-18(27)28)19(29)26-10-16(11-26)30-17-6-1-13(8-25-17)20(22,23)24/h1-6,8,12,16H,7,9-11H2. The van der Waals surface area contributed by atoms with Crippen LogP contribution in [0.15, 0.2) is 42.6 Å². The molecule has 0 aliphatic carbocycles. The first kappa shape index (κ1) is 20.1. The highest BCUT2D eigenvalue weighted by Crippen LogP contribution is 2.30. The summed E-state index contributed by atoms with van der Waals surface area (Å²) in [6.45, 7) is 0.747. The number of alkyl halides is 3. The first-order chi connectivity index (χ1) is 14.2. The lowest BCUT2D eigenvalue weighted by molar-refractivity contribution is -0.144. The summed E-state index contributed by atoms with van der Waals surface area (Å²) >= 11 is 0. The van der Waals surface area contributed by atoms with E-state index in [9.17, 15) is 27.2 Å². The Morgan fingerprint density at radius 2 is 1.77 bits per heavy atom. The first-order valence-electron chi connectivity index (χ1n) is 9.25. The van der Waals surface area contributed by atoms with Crippen LogP contribution < -0.4 is 9.64 Å². The molecule has 2 aliphatic heterocycles. The average molecular weight is 423 g/mol. The number of carbonyl (C=O) groups excluding carboxylic acids is 2. The lowest BCUT2D eigenvalue weighted by Gasteiger charge is -2.39. The number of likely N-dealkylation sites (tertiary alicyclic amines) is 1. The number of nitrogens with zero attached hydrogens (tertiary/aromatic N) is 3. The number of anilines is 1. The number of amides is 2. The molecule has 6 nitrogen and oxygen atoms in total. The van der Waals surface area contributed by atoms with Gasteiger partial charge < -0.3 is 14.5 Å². The molecule has 0 N–H and O–H groups in total. The summed E-state index contributed by atoms with van der Waals surface area (Å²) in [5.41, 5.74) is -0.327. The Balaban J connectivity index is 1.29. The predicted molar refractivity (Wildman–Crippen MR) is 97.1 cm³/mol. The normalized spacial score (nSPS) is 19.7. The molecule has 1 unspecified atom stereocenters. The van der Waals surface area contributed by atoms with Gasteiger partial charge in [0.2, 0.25) is 17.7 Å². The Bertz CT molecular complexity index is 941. The van der Waals surface area contributed by atoms with Gasteiger partial charge in [-0.25, -0.2) is 9.37 Å². The minimum atomic E-state index is -4.47. The van der Waals surface area contributed by atoms with Crippen molar-refractivity contribution in [2.45, 2.75) is 18.7 Å². The van der Waals surface area contributed by atoms with Crippen molar-refractivity contribution >= 4 is 17.5 Å². The number of ether oxygens (including phenoxy) is 1. The molecule has 2 fully saturated rings. The Labute approximate surface area is 169 Å². The van der Waals surface area contributed by atoms with E-state index in [0.717, 1.165) is 12.1 Å². The number of halogens is 4. The molecular formula is C20H17F4N3O3. The number of hydrogen-bond donors (Lipinski definition) is 0. The van der Waals surface area contributed by atoms with Crippen molar-refractivity contribution in [3.8, 4) is 5.88 Å². The van der Waals surface area contributed by atoms with Gasteiger partial charge in [-0.1, -0.05) is 0 Å². The number of hydrogen-bond acceptors (Lipinski definition) is 4. The van der Waals surface area contributed by atoms with E-state index >= 15 is 0 Å². The minimum absolute atomic E-state index is 0.0543. The third-order valence-electron chi connectivity index (χ3n) is 5.12. The zero-order chi connectivity index (χ0) is 21.5. The molecule has 3 heterocycles. The van der Waals surface area contributed by atoms with Crippen LogP contribution in [0.3, 0.4) is 0 Å². The molecule has 10 heteroatoms.